The van der Waals surface area contributed by atoms with E-state index in [0.29, 0.717) is 56.8 Å². The number of likely N-dealkylation sites (tertiary alicyclic amines) is 1. The van der Waals surface area contributed by atoms with Gasteiger partial charge in [-0.3, -0.25) is 14.5 Å². The first-order valence-electron chi connectivity index (χ1n) is 15.5. The number of benzene rings is 2. The number of esters is 2. The summed E-state index contributed by atoms with van der Waals surface area (Å²) >= 11 is 0. The highest BCUT2D eigenvalue weighted by atomic mass is 32.2. The summed E-state index contributed by atoms with van der Waals surface area (Å²) in [6.07, 6.45) is 3.35. The molecule has 2 heterocycles. The molecule has 0 N–H and O–H groups in total. The van der Waals surface area contributed by atoms with Gasteiger partial charge in [0, 0.05) is 39.0 Å². The van der Waals surface area contributed by atoms with E-state index in [-0.39, 0.29) is 23.7 Å². The number of hydrogen-bond acceptors (Lipinski definition) is 8. The second-order valence-electron chi connectivity index (χ2n) is 13.1. The molecule has 2 fully saturated rings. The Labute approximate surface area is 260 Å². The number of ether oxygens (including phenoxy) is 3. The van der Waals surface area contributed by atoms with Crippen LogP contribution in [0, 0.1) is 5.92 Å². The highest BCUT2D eigenvalue weighted by Gasteiger charge is 2.76. The van der Waals surface area contributed by atoms with Crippen molar-refractivity contribution in [3.8, 4) is 11.5 Å². The zero-order valence-corrected chi connectivity index (χ0v) is 26.8. The van der Waals surface area contributed by atoms with Gasteiger partial charge in [0.1, 0.15) is 11.7 Å². The molecule has 2 aromatic carbocycles. The molecular weight excluding hydrogens is 580 g/mol. The molecule has 0 aromatic heterocycles. The van der Waals surface area contributed by atoms with Gasteiger partial charge >= 0.3 is 11.9 Å². The SMILES string of the molecule is C=CCN1CC[C@]23c4c5ccc(OC(C)=O)c4O[C@H]2[C@@H](N(CC(C)C)S(=O)(=O)Cc2ccccc2)CC[C@@]3(OC(C)=O)[C@H]1C5. The van der Waals surface area contributed by atoms with Gasteiger partial charge in [-0.2, -0.15) is 4.31 Å². The standard InChI is InChI=1S/C34H42N2O7S/c1-6-17-35-18-16-33-30-26-12-13-28(41-23(4)37)31(30)42-32(33)27(14-15-34(33,29(35)19-26)43-24(5)38)36(20-22(2)3)44(39,40)21-25-10-8-7-9-11-25/h6-13,22,27,29,32H,1,14-21H2,2-5H3/t27-,29+,32-,33-,34+/m0/s1. The van der Waals surface area contributed by atoms with Crippen LogP contribution in [0.5, 0.6) is 11.5 Å². The van der Waals surface area contributed by atoms with E-state index in [0.717, 1.165) is 16.7 Å². The third-order valence-electron chi connectivity index (χ3n) is 9.89. The van der Waals surface area contributed by atoms with E-state index in [1.807, 2.05) is 56.3 Å². The highest BCUT2D eigenvalue weighted by molar-refractivity contribution is 7.88. The highest BCUT2D eigenvalue weighted by Crippen LogP contribution is 2.67. The molecule has 4 aliphatic rings. The second-order valence-corrected chi connectivity index (χ2v) is 15.0. The van der Waals surface area contributed by atoms with Crippen molar-refractivity contribution in [2.45, 2.75) is 88.3 Å². The molecule has 5 atom stereocenters. The normalized spacial score (nSPS) is 28.7. The fraction of sp³-hybridized carbons (Fsp3) is 0.529. The van der Waals surface area contributed by atoms with Crippen molar-refractivity contribution in [3.05, 3.63) is 71.8 Å². The largest absolute Gasteiger partial charge is 0.483 e. The molecule has 44 heavy (non-hydrogen) atoms. The zero-order valence-electron chi connectivity index (χ0n) is 26.0. The summed E-state index contributed by atoms with van der Waals surface area (Å²) in [5, 5.41) is 0. The Bertz CT molecular complexity index is 1580. The first kappa shape index (κ1) is 30.8. The molecule has 2 bridgehead atoms. The number of piperidine rings is 1. The number of hydrogen-bond donors (Lipinski definition) is 0. The van der Waals surface area contributed by atoms with Crippen molar-refractivity contribution in [1.29, 1.82) is 0 Å². The van der Waals surface area contributed by atoms with Gasteiger partial charge in [0.15, 0.2) is 11.5 Å². The van der Waals surface area contributed by atoms with E-state index in [9.17, 15) is 18.0 Å². The molecule has 1 saturated heterocycles. The van der Waals surface area contributed by atoms with E-state index in [2.05, 4.69) is 11.5 Å². The van der Waals surface area contributed by atoms with E-state index in [1.54, 1.807) is 10.4 Å². The Hall–Kier alpha value is -3.21. The zero-order chi connectivity index (χ0) is 31.4. The Morgan fingerprint density at radius 3 is 2.55 bits per heavy atom. The average molecular weight is 623 g/mol. The van der Waals surface area contributed by atoms with Crippen molar-refractivity contribution < 1.29 is 32.2 Å². The minimum atomic E-state index is -3.79. The second kappa shape index (κ2) is 11.3. The van der Waals surface area contributed by atoms with Gasteiger partial charge < -0.3 is 14.2 Å². The lowest BCUT2D eigenvalue weighted by Gasteiger charge is -2.65. The van der Waals surface area contributed by atoms with Crippen molar-refractivity contribution in [2.75, 3.05) is 19.6 Å². The predicted octanol–water partition coefficient (Wildman–Crippen LogP) is 4.38. The number of carbonyl (C=O) groups excluding carboxylic acids is 2. The maximum atomic E-state index is 14.3. The summed E-state index contributed by atoms with van der Waals surface area (Å²) in [6, 6.07) is 12.3. The monoisotopic (exact) mass is 622 g/mol. The maximum Gasteiger partial charge on any atom is 0.308 e. The molecule has 1 spiro atoms. The van der Waals surface area contributed by atoms with E-state index >= 15 is 0 Å². The fourth-order valence-electron chi connectivity index (χ4n) is 8.63. The van der Waals surface area contributed by atoms with E-state index in [1.165, 1.54) is 13.8 Å². The smallest absolute Gasteiger partial charge is 0.308 e. The third kappa shape index (κ3) is 4.77. The van der Waals surface area contributed by atoms with Gasteiger partial charge in [0.25, 0.3) is 0 Å². The Kier molecular flexibility index (Phi) is 7.91. The molecule has 0 radical (unpaired) electrons. The van der Waals surface area contributed by atoms with Crippen molar-refractivity contribution in [3.63, 3.8) is 0 Å². The van der Waals surface area contributed by atoms with Gasteiger partial charge in [-0.1, -0.05) is 56.3 Å². The van der Waals surface area contributed by atoms with Crippen LogP contribution in [0.4, 0.5) is 0 Å². The average Bonchev–Trinajstić information content (AvgIpc) is 3.30. The van der Waals surface area contributed by atoms with Crippen LogP contribution in [0.1, 0.15) is 63.6 Å². The molecule has 2 aliphatic carbocycles. The minimum Gasteiger partial charge on any atom is -0.483 e. The maximum absolute atomic E-state index is 14.3. The molecule has 0 amide bonds. The van der Waals surface area contributed by atoms with Crippen LogP contribution >= 0.6 is 0 Å². The minimum absolute atomic E-state index is 0.0580. The molecule has 236 valence electrons. The van der Waals surface area contributed by atoms with Crippen LogP contribution in [0.25, 0.3) is 0 Å². The molecule has 2 aliphatic heterocycles. The van der Waals surface area contributed by atoms with Crippen molar-refractivity contribution >= 4 is 22.0 Å². The number of rotatable bonds is 10. The van der Waals surface area contributed by atoms with Crippen LogP contribution in [-0.4, -0.2) is 73.0 Å². The van der Waals surface area contributed by atoms with Crippen molar-refractivity contribution in [2.24, 2.45) is 5.92 Å². The van der Waals surface area contributed by atoms with Crippen LogP contribution in [0.2, 0.25) is 0 Å². The summed E-state index contributed by atoms with van der Waals surface area (Å²) in [6.45, 7) is 12.5. The molecule has 9 nitrogen and oxygen atoms in total. The summed E-state index contributed by atoms with van der Waals surface area (Å²) in [5.41, 5.74) is 0.867. The topological polar surface area (TPSA) is 102 Å². The Balaban J connectivity index is 1.54. The fourth-order valence-corrected chi connectivity index (χ4v) is 10.6. The van der Waals surface area contributed by atoms with Gasteiger partial charge in [-0.15, -0.1) is 6.58 Å². The molecular formula is C34H42N2O7S. The molecule has 1 saturated carbocycles. The molecule has 10 heteroatoms. The lowest BCUT2D eigenvalue weighted by atomic mass is 9.48. The van der Waals surface area contributed by atoms with E-state index < -0.39 is 39.2 Å². The van der Waals surface area contributed by atoms with Crippen LogP contribution < -0.4 is 9.47 Å². The van der Waals surface area contributed by atoms with Gasteiger partial charge in [0.05, 0.1) is 23.3 Å². The lowest BCUT2D eigenvalue weighted by Crippen LogP contribution is -2.79. The number of sulfonamides is 1. The van der Waals surface area contributed by atoms with Gasteiger partial charge in [-0.25, -0.2) is 8.42 Å². The Morgan fingerprint density at radius 2 is 1.89 bits per heavy atom. The molecule has 6 rings (SSSR count). The molecule has 2 aromatic rings. The van der Waals surface area contributed by atoms with E-state index in [4.69, 9.17) is 14.2 Å². The lowest BCUT2D eigenvalue weighted by molar-refractivity contribution is -0.220. The predicted molar refractivity (Wildman–Crippen MR) is 166 cm³/mol. The van der Waals surface area contributed by atoms with Gasteiger partial charge in [-0.05, 0) is 48.8 Å². The summed E-state index contributed by atoms with van der Waals surface area (Å²) in [5.74, 6) is -0.144. The first-order valence-corrected chi connectivity index (χ1v) is 17.1. The quantitative estimate of drug-likeness (QED) is 0.219. The van der Waals surface area contributed by atoms with Gasteiger partial charge in [0.2, 0.25) is 10.0 Å². The number of nitrogens with zero attached hydrogens (tertiary/aromatic N) is 2. The van der Waals surface area contributed by atoms with Crippen LogP contribution in [-0.2, 0) is 41.9 Å². The third-order valence-corrected chi connectivity index (χ3v) is 11.7. The first-order chi connectivity index (χ1) is 20.9. The van der Waals surface area contributed by atoms with Crippen molar-refractivity contribution in [1.82, 2.24) is 9.21 Å². The Morgan fingerprint density at radius 1 is 1.14 bits per heavy atom. The van der Waals surface area contributed by atoms with Crippen LogP contribution in [0.3, 0.4) is 0 Å². The summed E-state index contributed by atoms with van der Waals surface area (Å²) in [4.78, 5) is 27.5. The molecule has 0 unspecified atom stereocenters. The summed E-state index contributed by atoms with van der Waals surface area (Å²) < 4.78 is 49.4. The number of carbonyl (C=O) groups is 2. The van der Waals surface area contributed by atoms with Crippen LogP contribution in [0.15, 0.2) is 55.1 Å². The summed E-state index contributed by atoms with van der Waals surface area (Å²) in [7, 11) is -3.79.